The highest BCUT2D eigenvalue weighted by atomic mass is 16.1. The number of benzene rings is 2. The van der Waals surface area contributed by atoms with Crippen molar-refractivity contribution in [3.8, 4) is 0 Å². The summed E-state index contributed by atoms with van der Waals surface area (Å²) in [6, 6.07) is 21.2. The van der Waals surface area contributed by atoms with Crippen molar-refractivity contribution in [3.05, 3.63) is 71.8 Å². The summed E-state index contributed by atoms with van der Waals surface area (Å²) in [6.45, 7) is 3.46. The van der Waals surface area contributed by atoms with Crippen LogP contribution in [0.5, 0.6) is 0 Å². The van der Waals surface area contributed by atoms with Gasteiger partial charge in [-0.05, 0) is 24.0 Å². The van der Waals surface area contributed by atoms with E-state index in [1.165, 1.54) is 11.1 Å². The minimum Gasteiger partial charge on any atom is -0.314 e. The normalized spacial score (nSPS) is 18.4. The summed E-state index contributed by atoms with van der Waals surface area (Å²) in [7, 11) is 0. The lowest BCUT2D eigenvalue weighted by Crippen LogP contribution is -2.53. The summed E-state index contributed by atoms with van der Waals surface area (Å²) in [4.78, 5) is 14.8. The molecule has 1 aliphatic rings. The fourth-order valence-corrected chi connectivity index (χ4v) is 3.33. The molecular weight excluding hydrogens is 296 g/mol. The van der Waals surface area contributed by atoms with Crippen LogP contribution in [0.15, 0.2) is 60.7 Å². The van der Waals surface area contributed by atoms with Crippen LogP contribution in [0.1, 0.15) is 17.5 Å². The predicted molar refractivity (Wildman–Crippen MR) is 98.1 cm³/mol. The Balaban J connectivity index is 1.52. The van der Waals surface area contributed by atoms with E-state index in [1.807, 2.05) is 24.3 Å². The van der Waals surface area contributed by atoms with Crippen LogP contribution >= 0.6 is 0 Å². The van der Waals surface area contributed by atoms with Crippen LogP contribution in [0.2, 0.25) is 0 Å². The Morgan fingerprint density at radius 3 is 2.38 bits per heavy atom. The van der Waals surface area contributed by atoms with Gasteiger partial charge in [0.1, 0.15) is 5.78 Å². The van der Waals surface area contributed by atoms with Crippen molar-refractivity contribution in [2.45, 2.75) is 25.3 Å². The molecule has 2 aromatic carbocycles. The third kappa shape index (κ3) is 5.02. The molecule has 0 amide bonds. The van der Waals surface area contributed by atoms with Gasteiger partial charge in [0.2, 0.25) is 0 Å². The highest BCUT2D eigenvalue weighted by Crippen LogP contribution is 2.12. The molecular formula is C21H26N2O. The molecule has 1 heterocycles. The zero-order valence-corrected chi connectivity index (χ0v) is 14.2. The molecule has 24 heavy (non-hydrogen) atoms. The van der Waals surface area contributed by atoms with Crippen LogP contribution < -0.4 is 5.32 Å². The zero-order chi connectivity index (χ0) is 16.6. The molecule has 1 fully saturated rings. The summed E-state index contributed by atoms with van der Waals surface area (Å²) in [6.07, 6.45) is 2.47. The SMILES string of the molecule is O=C(CCc1ccccc1)CN1CCNCC1Cc1ccccc1. The molecule has 1 atom stereocenters. The number of nitrogens with one attached hydrogen (secondary N) is 1. The average Bonchev–Trinajstić information content (AvgIpc) is 2.63. The molecule has 0 bridgehead atoms. The first-order chi connectivity index (χ1) is 11.8. The second-order valence-electron chi connectivity index (χ2n) is 6.54. The summed E-state index contributed by atoms with van der Waals surface area (Å²) in [5, 5.41) is 3.46. The molecule has 0 aliphatic carbocycles. The van der Waals surface area contributed by atoms with Gasteiger partial charge in [-0.15, -0.1) is 0 Å². The van der Waals surface area contributed by atoms with Crippen molar-refractivity contribution in [1.82, 2.24) is 10.2 Å². The smallest absolute Gasteiger partial charge is 0.147 e. The summed E-state index contributed by atoms with van der Waals surface area (Å²) < 4.78 is 0. The fraction of sp³-hybridized carbons (Fsp3) is 0.381. The highest BCUT2D eigenvalue weighted by Gasteiger charge is 2.24. The maximum atomic E-state index is 12.4. The van der Waals surface area contributed by atoms with Gasteiger partial charge in [0, 0.05) is 32.1 Å². The lowest BCUT2D eigenvalue weighted by molar-refractivity contribution is -0.120. The van der Waals surface area contributed by atoms with Gasteiger partial charge in [-0.3, -0.25) is 9.69 Å². The number of rotatable bonds is 7. The third-order valence-corrected chi connectivity index (χ3v) is 4.70. The van der Waals surface area contributed by atoms with Crippen LogP contribution in [0.25, 0.3) is 0 Å². The van der Waals surface area contributed by atoms with Crippen molar-refractivity contribution >= 4 is 5.78 Å². The first-order valence-electron chi connectivity index (χ1n) is 8.85. The number of carbonyl (C=O) groups is 1. The van der Waals surface area contributed by atoms with E-state index < -0.39 is 0 Å². The van der Waals surface area contributed by atoms with Gasteiger partial charge < -0.3 is 5.32 Å². The zero-order valence-electron chi connectivity index (χ0n) is 14.2. The topological polar surface area (TPSA) is 32.3 Å². The van der Waals surface area contributed by atoms with Crippen molar-refractivity contribution in [3.63, 3.8) is 0 Å². The van der Waals surface area contributed by atoms with Crippen LogP contribution in [0.3, 0.4) is 0 Å². The lowest BCUT2D eigenvalue weighted by atomic mass is 10.0. The van der Waals surface area contributed by atoms with E-state index in [2.05, 4.69) is 46.6 Å². The van der Waals surface area contributed by atoms with Gasteiger partial charge >= 0.3 is 0 Å². The molecule has 0 radical (unpaired) electrons. The monoisotopic (exact) mass is 322 g/mol. The van der Waals surface area contributed by atoms with Gasteiger partial charge in [0.25, 0.3) is 0 Å². The Hall–Kier alpha value is -1.97. The first-order valence-corrected chi connectivity index (χ1v) is 8.85. The van der Waals surface area contributed by atoms with Crippen molar-refractivity contribution < 1.29 is 4.79 Å². The molecule has 3 nitrogen and oxygen atoms in total. The summed E-state index contributed by atoms with van der Waals surface area (Å²) in [5.41, 5.74) is 2.58. The van der Waals surface area contributed by atoms with E-state index in [9.17, 15) is 4.79 Å². The molecule has 1 saturated heterocycles. The molecule has 1 N–H and O–H groups in total. The van der Waals surface area contributed by atoms with Gasteiger partial charge in [0.15, 0.2) is 0 Å². The first kappa shape index (κ1) is 16.9. The number of carbonyl (C=O) groups excluding carboxylic acids is 1. The van der Waals surface area contributed by atoms with Crippen LogP contribution in [0, 0.1) is 0 Å². The largest absolute Gasteiger partial charge is 0.314 e. The van der Waals surface area contributed by atoms with E-state index in [-0.39, 0.29) is 0 Å². The number of hydrogen-bond donors (Lipinski definition) is 1. The van der Waals surface area contributed by atoms with Crippen molar-refractivity contribution in [1.29, 1.82) is 0 Å². The summed E-state index contributed by atoms with van der Waals surface area (Å²) >= 11 is 0. The number of aryl methyl sites for hydroxylation is 1. The van der Waals surface area contributed by atoms with Crippen LogP contribution in [-0.2, 0) is 17.6 Å². The van der Waals surface area contributed by atoms with Crippen LogP contribution in [-0.4, -0.2) is 42.9 Å². The van der Waals surface area contributed by atoms with Crippen molar-refractivity contribution in [2.24, 2.45) is 0 Å². The highest BCUT2D eigenvalue weighted by molar-refractivity contribution is 5.80. The van der Waals surface area contributed by atoms with E-state index in [0.717, 1.165) is 32.5 Å². The summed E-state index contributed by atoms with van der Waals surface area (Å²) in [5.74, 6) is 0.346. The van der Waals surface area contributed by atoms with Gasteiger partial charge in [-0.1, -0.05) is 60.7 Å². The molecule has 1 aliphatic heterocycles. The van der Waals surface area contributed by atoms with E-state index >= 15 is 0 Å². The number of hydrogen-bond acceptors (Lipinski definition) is 3. The minimum atomic E-state index is 0.346. The second kappa shape index (κ2) is 8.76. The molecule has 3 heteroatoms. The maximum Gasteiger partial charge on any atom is 0.147 e. The van der Waals surface area contributed by atoms with Gasteiger partial charge in [-0.2, -0.15) is 0 Å². The fourth-order valence-electron chi connectivity index (χ4n) is 3.33. The van der Waals surface area contributed by atoms with E-state index in [4.69, 9.17) is 0 Å². The Bertz CT molecular complexity index is 627. The maximum absolute atomic E-state index is 12.4. The average molecular weight is 322 g/mol. The standard InChI is InChI=1S/C21H26N2O/c24-21(12-11-18-7-3-1-4-8-18)17-23-14-13-22-16-20(23)15-19-9-5-2-6-10-19/h1-10,20,22H,11-17H2. The number of ketones is 1. The molecule has 0 aromatic heterocycles. The Morgan fingerprint density at radius 1 is 1.00 bits per heavy atom. The van der Waals surface area contributed by atoms with E-state index in [0.29, 0.717) is 24.8 Å². The number of nitrogens with zero attached hydrogens (tertiary/aromatic N) is 1. The minimum absolute atomic E-state index is 0.346. The molecule has 0 spiro atoms. The van der Waals surface area contributed by atoms with Crippen molar-refractivity contribution in [2.75, 3.05) is 26.2 Å². The van der Waals surface area contributed by atoms with Crippen LogP contribution in [0.4, 0.5) is 0 Å². The Kier molecular flexibility index (Phi) is 6.16. The van der Waals surface area contributed by atoms with E-state index in [1.54, 1.807) is 0 Å². The molecule has 126 valence electrons. The van der Waals surface area contributed by atoms with Gasteiger partial charge in [-0.25, -0.2) is 0 Å². The second-order valence-corrected chi connectivity index (χ2v) is 6.54. The Labute approximate surface area is 144 Å². The predicted octanol–water partition coefficient (Wildman–Crippen LogP) is 2.70. The molecule has 0 saturated carbocycles. The number of Topliss-reactive ketones (excluding diaryl/α,β-unsaturated/α-hetero) is 1. The third-order valence-electron chi connectivity index (χ3n) is 4.70. The lowest BCUT2D eigenvalue weighted by Gasteiger charge is -2.36. The number of piperazine rings is 1. The molecule has 2 aromatic rings. The molecule has 1 unspecified atom stereocenters. The Morgan fingerprint density at radius 2 is 1.67 bits per heavy atom. The quantitative estimate of drug-likeness (QED) is 0.851. The molecule has 3 rings (SSSR count). The van der Waals surface area contributed by atoms with Gasteiger partial charge in [0.05, 0.1) is 6.54 Å².